The molecule has 2 aromatic carbocycles. The van der Waals surface area contributed by atoms with Crippen LogP contribution in [0.2, 0.25) is 0 Å². The van der Waals surface area contributed by atoms with E-state index in [4.69, 9.17) is 9.15 Å². The molecular formula is C23H19BrN2O2. The number of benzene rings is 2. The van der Waals surface area contributed by atoms with E-state index >= 15 is 0 Å². The highest BCUT2D eigenvalue weighted by atomic mass is 79.9. The van der Waals surface area contributed by atoms with Crippen molar-refractivity contribution >= 4 is 21.8 Å². The van der Waals surface area contributed by atoms with Crippen LogP contribution in [0.25, 0.3) is 33.3 Å². The zero-order valence-corrected chi connectivity index (χ0v) is 16.9. The van der Waals surface area contributed by atoms with Crippen LogP contribution in [0.1, 0.15) is 5.56 Å². The molecule has 5 rings (SSSR count). The topological polar surface area (TPSA) is 42.0 Å². The predicted octanol–water partition coefficient (Wildman–Crippen LogP) is 1.93. The van der Waals surface area contributed by atoms with Crippen LogP contribution in [-0.4, -0.2) is 12.1 Å². The molecule has 0 aliphatic heterocycles. The lowest BCUT2D eigenvalue weighted by atomic mass is 10.1. The van der Waals surface area contributed by atoms with Gasteiger partial charge in [0.05, 0.1) is 13.4 Å². The summed E-state index contributed by atoms with van der Waals surface area (Å²) in [5, 5.41) is 2.30. The molecule has 0 aliphatic rings. The SMILES string of the molecule is COc1ccc2[nH]c3c(-c4ccco4)[n+](Cc4ccccc4)ccc3c2c1.[Br-]. The molecule has 0 aliphatic carbocycles. The van der Waals surface area contributed by atoms with Gasteiger partial charge in [-0.1, -0.05) is 30.3 Å². The van der Waals surface area contributed by atoms with Crippen LogP contribution in [0.5, 0.6) is 5.75 Å². The lowest BCUT2D eigenvalue weighted by Gasteiger charge is -2.04. The van der Waals surface area contributed by atoms with Crippen molar-refractivity contribution < 1.29 is 30.7 Å². The van der Waals surface area contributed by atoms with Gasteiger partial charge in [-0.25, -0.2) is 0 Å². The molecule has 4 nitrogen and oxygen atoms in total. The number of ether oxygens (including phenoxy) is 1. The van der Waals surface area contributed by atoms with Gasteiger partial charge < -0.3 is 31.1 Å². The number of halogens is 1. The number of H-pyrrole nitrogens is 1. The van der Waals surface area contributed by atoms with Crippen molar-refractivity contribution in [1.29, 1.82) is 0 Å². The highest BCUT2D eigenvalue weighted by Crippen LogP contribution is 2.33. The molecule has 5 aromatic rings. The molecule has 0 atom stereocenters. The Balaban J connectivity index is 0.00000192. The fraction of sp³-hybridized carbons (Fsp3) is 0.0870. The van der Waals surface area contributed by atoms with Crippen molar-refractivity contribution in [3.05, 3.63) is 84.8 Å². The van der Waals surface area contributed by atoms with E-state index < -0.39 is 0 Å². The van der Waals surface area contributed by atoms with E-state index in [2.05, 4.69) is 58.2 Å². The monoisotopic (exact) mass is 434 g/mol. The molecule has 0 unspecified atom stereocenters. The smallest absolute Gasteiger partial charge is 0.272 e. The molecule has 0 amide bonds. The third-order valence-electron chi connectivity index (χ3n) is 4.94. The van der Waals surface area contributed by atoms with Crippen molar-refractivity contribution in [2.24, 2.45) is 0 Å². The summed E-state index contributed by atoms with van der Waals surface area (Å²) in [5.41, 5.74) is 4.42. The Morgan fingerprint density at radius 3 is 2.57 bits per heavy atom. The first-order chi connectivity index (χ1) is 13.3. The van der Waals surface area contributed by atoms with E-state index in [0.29, 0.717) is 0 Å². The number of aromatic amines is 1. The van der Waals surface area contributed by atoms with Gasteiger partial charge in [0.1, 0.15) is 11.3 Å². The number of fused-ring (bicyclic) bond motifs is 3. The molecule has 140 valence electrons. The van der Waals surface area contributed by atoms with Crippen LogP contribution in [0.3, 0.4) is 0 Å². The second kappa shape index (κ2) is 7.52. The van der Waals surface area contributed by atoms with Gasteiger partial charge in [-0.2, -0.15) is 4.57 Å². The van der Waals surface area contributed by atoms with E-state index in [9.17, 15) is 0 Å². The van der Waals surface area contributed by atoms with Gasteiger partial charge in [-0.15, -0.1) is 0 Å². The zero-order chi connectivity index (χ0) is 18.2. The van der Waals surface area contributed by atoms with Crippen LogP contribution in [0.15, 0.2) is 83.6 Å². The summed E-state index contributed by atoms with van der Waals surface area (Å²) in [6.07, 6.45) is 3.84. The largest absolute Gasteiger partial charge is 1.00 e. The molecular weight excluding hydrogens is 416 g/mol. The number of nitrogens with one attached hydrogen (secondary N) is 1. The fourth-order valence-corrected chi connectivity index (χ4v) is 3.65. The molecule has 0 bridgehead atoms. The second-order valence-electron chi connectivity index (χ2n) is 6.58. The molecule has 0 spiro atoms. The van der Waals surface area contributed by atoms with Crippen LogP contribution in [-0.2, 0) is 6.54 Å². The van der Waals surface area contributed by atoms with E-state index in [1.54, 1.807) is 13.4 Å². The maximum atomic E-state index is 5.78. The highest BCUT2D eigenvalue weighted by molar-refractivity contribution is 6.10. The summed E-state index contributed by atoms with van der Waals surface area (Å²) in [7, 11) is 1.69. The van der Waals surface area contributed by atoms with Crippen LogP contribution in [0, 0.1) is 0 Å². The van der Waals surface area contributed by atoms with Gasteiger partial charge in [-0.05, 0) is 30.3 Å². The van der Waals surface area contributed by atoms with Gasteiger partial charge in [0.25, 0.3) is 5.69 Å². The molecule has 5 heteroatoms. The van der Waals surface area contributed by atoms with E-state index in [0.717, 1.165) is 45.6 Å². The normalized spacial score (nSPS) is 10.9. The number of aromatic nitrogens is 2. The highest BCUT2D eigenvalue weighted by Gasteiger charge is 2.23. The van der Waals surface area contributed by atoms with Gasteiger partial charge in [0.15, 0.2) is 18.5 Å². The van der Waals surface area contributed by atoms with Crippen LogP contribution >= 0.6 is 0 Å². The number of hydrogen-bond acceptors (Lipinski definition) is 2. The Bertz CT molecular complexity index is 1230. The summed E-state index contributed by atoms with van der Waals surface area (Å²) < 4.78 is 13.4. The molecule has 0 radical (unpaired) electrons. The quantitative estimate of drug-likeness (QED) is 0.439. The number of methoxy groups -OCH3 is 1. The molecule has 28 heavy (non-hydrogen) atoms. The number of hydrogen-bond donors (Lipinski definition) is 1. The number of pyridine rings is 1. The van der Waals surface area contributed by atoms with Gasteiger partial charge in [0.2, 0.25) is 0 Å². The van der Waals surface area contributed by atoms with Gasteiger partial charge >= 0.3 is 0 Å². The zero-order valence-electron chi connectivity index (χ0n) is 15.4. The summed E-state index contributed by atoms with van der Waals surface area (Å²) in [4.78, 5) is 3.58. The Kier molecular flexibility index (Phi) is 4.92. The Morgan fingerprint density at radius 1 is 0.964 bits per heavy atom. The van der Waals surface area contributed by atoms with Crippen molar-refractivity contribution in [2.75, 3.05) is 7.11 Å². The minimum absolute atomic E-state index is 0. The summed E-state index contributed by atoms with van der Waals surface area (Å²) in [5.74, 6) is 1.69. The van der Waals surface area contributed by atoms with Gasteiger partial charge in [0, 0.05) is 27.9 Å². The van der Waals surface area contributed by atoms with Crippen LogP contribution in [0.4, 0.5) is 0 Å². The summed E-state index contributed by atoms with van der Waals surface area (Å²) >= 11 is 0. The first-order valence-corrected chi connectivity index (χ1v) is 8.93. The third-order valence-corrected chi connectivity index (χ3v) is 4.94. The number of rotatable bonds is 4. The Morgan fingerprint density at radius 2 is 1.82 bits per heavy atom. The fourth-order valence-electron chi connectivity index (χ4n) is 3.65. The predicted molar refractivity (Wildman–Crippen MR) is 106 cm³/mol. The lowest BCUT2D eigenvalue weighted by Crippen LogP contribution is -3.00. The van der Waals surface area contributed by atoms with Crippen molar-refractivity contribution in [3.63, 3.8) is 0 Å². The molecule has 0 saturated heterocycles. The Labute approximate surface area is 173 Å². The molecule has 3 heterocycles. The maximum Gasteiger partial charge on any atom is 0.272 e. The summed E-state index contributed by atoms with van der Waals surface area (Å²) in [6.45, 7) is 0.769. The van der Waals surface area contributed by atoms with Crippen molar-refractivity contribution in [1.82, 2.24) is 4.98 Å². The van der Waals surface area contributed by atoms with Crippen molar-refractivity contribution in [2.45, 2.75) is 6.54 Å². The average molecular weight is 435 g/mol. The van der Waals surface area contributed by atoms with Crippen LogP contribution < -0.4 is 26.3 Å². The van der Waals surface area contributed by atoms with Crippen molar-refractivity contribution in [3.8, 4) is 17.2 Å². The third kappa shape index (κ3) is 3.08. The van der Waals surface area contributed by atoms with E-state index in [1.807, 2.05) is 24.3 Å². The Hall–Kier alpha value is -3.05. The molecule has 0 fully saturated rings. The molecule has 0 saturated carbocycles. The minimum atomic E-state index is 0. The average Bonchev–Trinajstić information content (AvgIpc) is 3.36. The van der Waals surface area contributed by atoms with E-state index in [1.165, 1.54) is 5.56 Å². The first kappa shape index (κ1) is 18.3. The number of nitrogens with zero attached hydrogens (tertiary/aromatic N) is 1. The molecule has 1 N–H and O–H groups in total. The molecule has 3 aromatic heterocycles. The lowest BCUT2D eigenvalue weighted by molar-refractivity contribution is -0.676. The second-order valence-corrected chi connectivity index (χ2v) is 6.58. The number of furan rings is 1. The standard InChI is InChI=1S/C23H18N2O2.BrH/c1-26-17-9-10-20-19(14-17)18-11-12-25(15-16-6-3-2-4-7-16)23(22(18)24-20)21-8-5-13-27-21;/h2-14H,15H2,1H3;1H. The maximum absolute atomic E-state index is 5.78. The van der Waals surface area contributed by atoms with E-state index in [-0.39, 0.29) is 17.0 Å². The summed E-state index contributed by atoms with van der Waals surface area (Å²) in [6, 6.07) is 22.6. The first-order valence-electron chi connectivity index (χ1n) is 8.93. The van der Waals surface area contributed by atoms with Gasteiger partial charge in [-0.3, -0.25) is 0 Å². The minimum Gasteiger partial charge on any atom is -1.00 e.